The van der Waals surface area contributed by atoms with Crippen LogP contribution in [0.5, 0.6) is 0 Å². The quantitative estimate of drug-likeness (QED) is 0.274. The maximum absolute atomic E-state index is 11.1. The highest BCUT2D eigenvalue weighted by molar-refractivity contribution is 5.32. The Morgan fingerprint density at radius 3 is 2.25 bits per heavy atom. The monoisotopic (exact) mass is 618 g/mol. The van der Waals surface area contributed by atoms with Crippen LogP contribution in [-0.2, 0) is 14.2 Å². The lowest BCUT2D eigenvalue weighted by Crippen LogP contribution is -2.64. The summed E-state index contributed by atoms with van der Waals surface area (Å²) in [5, 5.41) is 41.9. The van der Waals surface area contributed by atoms with Gasteiger partial charge < -0.3 is 34.6 Å². The molecule has 0 unspecified atom stereocenters. The van der Waals surface area contributed by atoms with Crippen LogP contribution in [0.3, 0.4) is 0 Å². The molecule has 0 radical (unpaired) electrons. The van der Waals surface area contributed by atoms with Gasteiger partial charge in [0.05, 0.1) is 24.4 Å². The van der Waals surface area contributed by atoms with Crippen molar-refractivity contribution in [2.24, 2.45) is 51.8 Å². The van der Waals surface area contributed by atoms with E-state index in [9.17, 15) is 20.4 Å². The van der Waals surface area contributed by atoms with Gasteiger partial charge >= 0.3 is 0 Å². The molecule has 0 amide bonds. The highest BCUT2D eigenvalue weighted by Gasteiger charge is 2.67. The fourth-order valence-corrected chi connectivity index (χ4v) is 11.3. The molecule has 5 rings (SSSR count). The van der Waals surface area contributed by atoms with Gasteiger partial charge in [-0.3, -0.25) is 0 Å². The van der Waals surface area contributed by atoms with E-state index in [1.54, 1.807) is 7.11 Å². The number of ether oxygens (including phenoxy) is 3. The molecule has 4 N–H and O–H groups in total. The Bertz CT molecular complexity index is 1080. The predicted molar refractivity (Wildman–Crippen MR) is 172 cm³/mol. The number of rotatable bonds is 8. The summed E-state index contributed by atoms with van der Waals surface area (Å²) in [6.07, 6.45) is 9.49. The van der Waals surface area contributed by atoms with Crippen molar-refractivity contribution in [2.45, 2.75) is 136 Å². The SMILES string of the molecule is CO[C@H]1C=C2[C@H](CC[C@H]([C@@H]3O[C@H](CO)[C@@H](O)[C@H](O)[C@H]3O)C2(C)C)[C@@H]2CC[C@H]3[C@@H]([C@H](C)C/C=C/C(C)(C)OC)CC[C@]3(C)[C@@]12C. The van der Waals surface area contributed by atoms with E-state index in [4.69, 9.17) is 14.2 Å². The van der Waals surface area contributed by atoms with Crippen LogP contribution >= 0.6 is 0 Å². The van der Waals surface area contributed by atoms with E-state index in [2.05, 4.69) is 66.7 Å². The van der Waals surface area contributed by atoms with Crippen LogP contribution in [0.15, 0.2) is 23.8 Å². The average molecular weight is 619 g/mol. The Morgan fingerprint density at radius 1 is 0.955 bits per heavy atom. The molecule has 0 aromatic rings. The van der Waals surface area contributed by atoms with Gasteiger partial charge in [-0.15, -0.1) is 0 Å². The first-order valence-electron chi connectivity index (χ1n) is 17.4. The third kappa shape index (κ3) is 5.29. The van der Waals surface area contributed by atoms with E-state index >= 15 is 0 Å². The van der Waals surface area contributed by atoms with Crippen molar-refractivity contribution in [3.63, 3.8) is 0 Å². The van der Waals surface area contributed by atoms with E-state index in [0.717, 1.165) is 19.3 Å². The number of aliphatic hydroxyl groups is 4. The number of allylic oxidation sites excluding steroid dienone is 2. The molecule has 7 heteroatoms. The number of fused-ring (bicyclic) bond motifs is 5. The Labute approximate surface area is 266 Å². The van der Waals surface area contributed by atoms with Crippen molar-refractivity contribution >= 4 is 0 Å². The zero-order chi connectivity index (χ0) is 32.4. The Kier molecular flexibility index (Phi) is 9.68. The first-order valence-corrected chi connectivity index (χ1v) is 17.4. The van der Waals surface area contributed by atoms with Gasteiger partial charge in [-0.25, -0.2) is 0 Å². The molecular weight excluding hydrogens is 556 g/mol. The molecule has 252 valence electrons. The van der Waals surface area contributed by atoms with Gasteiger partial charge in [0.1, 0.15) is 24.4 Å². The van der Waals surface area contributed by atoms with Crippen LogP contribution < -0.4 is 0 Å². The molecule has 4 fully saturated rings. The molecule has 1 heterocycles. The lowest BCUT2D eigenvalue weighted by Gasteiger charge is -2.66. The highest BCUT2D eigenvalue weighted by Crippen LogP contribution is 2.72. The van der Waals surface area contributed by atoms with Crippen molar-refractivity contribution in [3.05, 3.63) is 23.8 Å². The van der Waals surface area contributed by atoms with Crippen LogP contribution in [0.2, 0.25) is 0 Å². The molecule has 0 aromatic carbocycles. The maximum atomic E-state index is 11.1. The van der Waals surface area contributed by atoms with Gasteiger partial charge in [0.25, 0.3) is 0 Å². The number of hydrogen-bond acceptors (Lipinski definition) is 7. The maximum Gasteiger partial charge on any atom is 0.111 e. The van der Waals surface area contributed by atoms with Crippen molar-refractivity contribution in [1.82, 2.24) is 0 Å². The highest BCUT2D eigenvalue weighted by atomic mass is 16.5. The zero-order valence-corrected chi connectivity index (χ0v) is 28.8. The van der Waals surface area contributed by atoms with Crippen LogP contribution in [0, 0.1) is 51.8 Å². The van der Waals surface area contributed by atoms with Crippen molar-refractivity contribution in [2.75, 3.05) is 20.8 Å². The molecule has 7 nitrogen and oxygen atoms in total. The first-order chi connectivity index (χ1) is 20.6. The topological polar surface area (TPSA) is 109 Å². The fourth-order valence-electron chi connectivity index (χ4n) is 11.3. The Morgan fingerprint density at radius 2 is 1.61 bits per heavy atom. The summed E-state index contributed by atoms with van der Waals surface area (Å²) in [6.45, 7) is 15.9. The van der Waals surface area contributed by atoms with E-state index in [0.29, 0.717) is 29.6 Å². The molecule has 44 heavy (non-hydrogen) atoms. The lowest BCUT2D eigenvalue weighted by atomic mass is 9.40. The lowest BCUT2D eigenvalue weighted by molar-refractivity contribution is -0.252. The molecule has 14 atom stereocenters. The van der Waals surface area contributed by atoms with Crippen LogP contribution in [0.1, 0.15) is 93.4 Å². The molecule has 1 aliphatic heterocycles. The first kappa shape index (κ1) is 34.5. The third-order valence-electron chi connectivity index (χ3n) is 14.3. The van der Waals surface area contributed by atoms with Gasteiger partial charge in [-0.2, -0.15) is 0 Å². The van der Waals surface area contributed by atoms with E-state index in [-0.39, 0.29) is 33.9 Å². The van der Waals surface area contributed by atoms with Crippen molar-refractivity contribution in [3.8, 4) is 0 Å². The van der Waals surface area contributed by atoms with Crippen LogP contribution in [0.25, 0.3) is 0 Å². The minimum atomic E-state index is -1.34. The third-order valence-corrected chi connectivity index (χ3v) is 14.3. The molecule has 1 saturated heterocycles. The average Bonchev–Trinajstić information content (AvgIpc) is 3.34. The van der Waals surface area contributed by atoms with Gasteiger partial charge in [0, 0.05) is 19.6 Å². The minimum Gasteiger partial charge on any atom is -0.394 e. The smallest absolute Gasteiger partial charge is 0.111 e. The summed E-state index contributed by atoms with van der Waals surface area (Å²) in [4.78, 5) is 0. The second-order valence-corrected chi connectivity index (χ2v) is 16.7. The number of aliphatic hydroxyl groups excluding tert-OH is 4. The summed E-state index contributed by atoms with van der Waals surface area (Å²) in [7, 11) is 3.65. The van der Waals surface area contributed by atoms with Crippen molar-refractivity contribution in [1.29, 1.82) is 0 Å². The van der Waals surface area contributed by atoms with E-state index in [1.165, 1.54) is 31.3 Å². The Balaban J connectivity index is 1.42. The summed E-state index contributed by atoms with van der Waals surface area (Å²) in [5.41, 5.74) is 1.07. The molecule has 0 bridgehead atoms. The van der Waals surface area contributed by atoms with E-state index in [1.807, 2.05) is 7.11 Å². The fraction of sp³-hybridized carbons (Fsp3) is 0.892. The number of hydrogen-bond donors (Lipinski definition) is 4. The molecule has 0 aromatic heterocycles. The normalized spacial score (nSPS) is 47.9. The second-order valence-electron chi connectivity index (χ2n) is 16.7. The van der Waals surface area contributed by atoms with Crippen molar-refractivity contribution < 1.29 is 34.6 Å². The Hall–Kier alpha value is -0.800. The second kappa shape index (κ2) is 12.3. The van der Waals surface area contributed by atoms with Crippen LogP contribution in [0.4, 0.5) is 0 Å². The van der Waals surface area contributed by atoms with Gasteiger partial charge in [0.2, 0.25) is 0 Å². The molecule has 3 saturated carbocycles. The van der Waals surface area contributed by atoms with Gasteiger partial charge in [0.15, 0.2) is 0 Å². The summed E-state index contributed by atoms with van der Waals surface area (Å²) in [5.74, 6) is 2.89. The molecule has 4 aliphatic carbocycles. The molecule has 5 aliphatic rings. The zero-order valence-electron chi connectivity index (χ0n) is 28.8. The summed E-state index contributed by atoms with van der Waals surface area (Å²) < 4.78 is 18.2. The number of methoxy groups -OCH3 is 2. The van der Waals surface area contributed by atoms with Gasteiger partial charge in [-0.1, -0.05) is 58.4 Å². The standard InChI is InChI=1S/C37H62O7/c1-21(11-10-17-34(2,3)43-9)22-16-18-36(6)24(22)14-15-25-23-12-13-26(33-32(41)31(40)30(39)28(20-38)44-33)35(4,5)27(23)19-29(42-8)37(25,36)7/h10,17,19,21-26,28-33,38-41H,11-16,18,20H2,1-9H3/b17-10+/t21-,22-,23-,24+,25+,26-,28-,29+,30-,31+,32-,33+,36+,37-/m1/s1. The van der Waals surface area contributed by atoms with Crippen LogP contribution in [-0.4, -0.2) is 83.5 Å². The molecular formula is C37H62O7. The minimum absolute atomic E-state index is 0.00386. The molecule has 0 spiro atoms. The van der Waals surface area contributed by atoms with Gasteiger partial charge in [-0.05, 0) is 105 Å². The largest absolute Gasteiger partial charge is 0.394 e. The summed E-state index contributed by atoms with van der Waals surface area (Å²) in [6, 6.07) is 0. The van der Waals surface area contributed by atoms with E-state index < -0.39 is 37.1 Å². The summed E-state index contributed by atoms with van der Waals surface area (Å²) >= 11 is 0. The predicted octanol–water partition coefficient (Wildman–Crippen LogP) is 5.29.